The van der Waals surface area contributed by atoms with Crippen LogP contribution in [0.4, 0.5) is 5.69 Å². The minimum Gasteiger partial charge on any atom is -0.389 e. The molecule has 2 nitrogen and oxygen atoms in total. The van der Waals surface area contributed by atoms with Crippen molar-refractivity contribution in [3.8, 4) is 0 Å². The van der Waals surface area contributed by atoms with E-state index in [0.717, 1.165) is 5.69 Å². The predicted octanol–water partition coefficient (Wildman–Crippen LogP) is 3.33. The minimum absolute atomic E-state index is 0.546. The van der Waals surface area contributed by atoms with Gasteiger partial charge in [-0.1, -0.05) is 29.8 Å². The molecule has 17 heavy (non-hydrogen) atoms. The fraction of sp³-hybridized carbons (Fsp3) is 0.333. The Bertz CT molecular complexity index is 526. The number of aryl methyl sites for hydroxylation is 1. The molecule has 0 amide bonds. The third-order valence-electron chi connectivity index (χ3n) is 2.72. The Hall–Kier alpha value is -1.54. The molecule has 0 aromatic heterocycles. The zero-order valence-corrected chi connectivity index (χ0v) is 10.6. The van der Waals surface area contributed by atoms with Crippen LogP contribution in [0.3, 0.4) is 0 Å². The van der Waals surface area contributed by atoms with Crippen LogP contribution in [0.1, 0.15) is 19.4 Å². The van der Waals surface area contributed by atoms with Crippen LogP contribution in [0.25, 0.3) is 10.8 Å². The number of nitrogens with one attached hydrogen (secondary N) is 1. The molecule has 0 aliphatic rings. The molecule has 0 spiro atoms. The van der Waals surface area contributed by atoms with E-state index in [0.29, 0.717) is 6.54 Å². The second-order valence-electron chi connectivity index (χ2n) is 5.23. The van der Waals surface area contributed by atoms with Crippen LogP contribution in [0.2, 0.25) is 0 Å². The maximum absolute atomic E-state index is 9.67. The van der Waals surface area contributed by atoms with Crippen molar-refractivity contribution in [2.75, 3.05) is 11.9 Å². The van der Waals surface area contributed by atoms with Crippen LogP contribution in [-0.4, -0.2) is 17.3 Å². The average Bonchev–Trinajstić information content (AvgIpc) is 2.25. The maximum Gasteiger partial charge on any atom is 0.0763 e. The van der Waals surface area contributed by atoms with Crippen LogP contribution < -0.4 is 5.32 Å². The van der Waals surface area contributed by atoms with Gasteiger partial charge in [0.2, 0.25) is 0 Å². The Morgan fingerprint density at radius 2 is 1.71 bits per heavy atom. The van der Waals surface area contributed by atoms with Gasteiger partial charge in [-0.25, -0.2) is 0 Å². The summed E-state index contributed by atoms with van der Waals surface area (Å²) in [6, 6.07) is 12.7. The van der Waals surface area contributed by atoms with Crippen molar-refractivity contribution in [1.29, 1.82) is 0 Å². The Kier molecular flexibility index (Phi) is 3.07. The van der Waals surface area contributed by atoms with Crippen molar-refractivity contribution < 1.29 is 5.11 Å². The van der Waals surface area contributed by atoms with Crippen molar-refractivity contribution in [2.24, 2.45) is 0 Å². The first kappa shape index (κ1) is 11.9. The standard InChI is InChI=1S/C15H19NO/c1-11-4-5-13-9-14(7-6-12(13)8-11)16-10-15(2,3)17/h4-9,16-17H,10H2,1-3H3. The van der Waals surface area contributed by atoms with Gasteiger partial charge in [0, 0.05) is 12.2 Å². The van der Waals surface area contributed by atoms with Gasteiger partial charge in [0.1, 0.15) is 0 Å². The number of hydrogen-bond acceptors (Lipinski definition) is 2. The van der Waals surface area contributed by atoms with E-state index in [-0.39, 0.29) is 0 Å². The number of aliphatic hydroxyl groups is 1. The van der Waals surface area contributed by atoms with Crippen LogP contribution in [0.5, 0.6) is 0 Å². The van der Waals surface area contributed by atoms with Gasteiger partial charge >= 0.3 is 0 Å². The highest BCUT2D eigenvalue weighted by atomic mass is 16.3. The molecule has 0 radical (unpaired) electrons. The van der Waals surface area contributed by atoms with E-state index in [9.17, 15) is 5.11 Å². The first-order chi connectivity index (χ1) is 7.94. The second kappa shape index (κ2) is 4.38. The van der Waals surface area contributed by atoms with Gasteiger partial charge in [0.15, 0.2) is 0 Å². The molecule has 0 atom stereocenters. The molecule has 2 aromatic carbocycles. The molecule has 0 saturated carbocycles. The van der Waals surface area contributed by atoms with Gasteiger partial charge in [-0.15, -0.1) is 0 Å². The maximum atomic E-state index is 9.67. The van der Waals surface area contributed by atoms with E-state index in [2.05, 4.69) is 42.6 Å². The molecule has 0 heterocycles. The average molecular weight is 229 g/mol. The monoisotopic (exact) mass is 229 g/mol. The molecule has 2 aromatic rings. The van der Waals surface area contributed by atoms with E-state index in [1.807, 2.05) is 6.07 Å². The van der Waals surface area contributed by atoms with Gasteiger partial charge < -0.3 is 10.4 Å². The Morgan fingerprint density at radius 3 is 2.41 bits per heavy atom. The van der Waals surface area contributed by atoms with Gasteiger partial charge in [0.25, 0.3) is 0 Å². The van der Waals surface area contributed by atoms with Gasteiger partial charge in [-0.3, -0.25) is 0 Å². The molecule has 90 valence electrons. The molecule has 0 bridgehead atoms. The van der Waals surface area contributed by atoms with Crippen LogP contribution in [0, 0.1) is 6.92 Å². The Morgan fingerprint density at radius 1 is 1.06 bits per heavy atom. The summed E-state index contributed by atoms with van der Waals surface area (Å²) in [7, 11) is 0. The van der Waals surface area contributed by atoms with Crippen LogP contribution >= 0.6 is 0 Å². The summed E-state index contributed by atoms with van der Waals surface area (Å²) in [6.07, 6.45) is 0. The number of benzene rings is 2. The van der Waals surface area contributed by atoms with Crippen molar-refractivity contribution >= 4 is 16.5 Å². The first-order valence-electron chi connectivity index (χ1n) is 5.91. The molecule has 0 unspecified atom stereocenters. The molecule has 0 saturated heterocycles. The van der Waals surface area contributed by atoms with Gasteiger partial charge in [-0.2, -0.15) is 0 Å². The summed E-state index contributed by atoms with van der Waals surface area (Å²) in [5.74, 6) is 0. The molecule has 0 aliphatic carbocycles. The fourth-order valence-corrected chi connectivity index (χ4v) is 1.79. The number of anilines is 1. The van der Waals surface area contributed by atoms with Crippen molar-refractivity contribution in [3.05, 3.63) is 42.0 Å². The van der Waals surface area contributed by atoms with Gasteiger partial charge in [-0.05, 0) is 43.7 Å². The lowest BCUT2D eigenvalue weighted by atomic mass is 10.1. The highest BCUT2D eigenvalue weighted by Gasteiger charge is 2.11. The van der Waals surface area contributed by atoms with Gasteiger partial charge in [0.05, 0.1) is 5.60 Å². The smallest absolute Gasteiger partial charge is 0.0763 e. The topological polar surface area (TPSA) is 32.3 Å². The highest BCUT2D eigenvalue weighted by molar-refractivity contribution is 5.86. The minimum atomic E-state index is -0.692. The quantitative estimate of drug-likeness (QED) is 0.846. The molecular weight excluding hydrogens is 210 g/mol. The third-order valence-corrected chi connectivity index (χ3v) is 2.72. The Balaban J connectivity index is 2.23. The van der Waals surface area contributed by atoms with Crippen molar-refractivity contribution in [2.45, 2.75) is 26.4 Å². The number of rotatable bonds is 3. The Labute approximate surface area is 102 Å². The van der Waals surface area contributed by atoms with E-state index in [1.165, 1.54) is 16.3 Å². The summed E-state index contributed by atoms with van der Waals surface area (Å²) in [5.41, 5.74) is 1.63. The third kappa shape index (κ3) is 3.21. The van der Waals surface area contributed by atoms with Crippen molar-refractivity contribution in [3.63, 3.8) is 0 Å². The summed E-state index contributed by atoms with van der Waals surface area (Å²) in [4.78, 5) is 0. The van der Waals surface area contributed by atoms with Crippen LogP contribution in [-0.2, 0) is 0 Å². The molecule has 2 N–H and O–H groups in total. The molecular formula is C15H19NO. The van der Waals surface area contributed by atoms with Crippen molar-refractivity contribution in [1.82, 2.24) is 0 Å². The SMILES string of the molecule is Cc1ccc2cc(NCC(C)(C)O)ccc2c1. The number of hydrogen-bond donors (Lipinski definition) is 2. The predicted molar refractivity (Wildman–Crippen MR) is 73.5 cm³/mol. The van der Waals surface area contributed by atoms with E-state index in [1.54, 1.807) is 13.8 Å². The molecule has 2 rings (SSSR count). The highest BCUT2D eigenvalue weighted by Crippen LogP contribution is 2.20. The first-order valence-corrected chi connectivity index (χ1v) is 5.91. The zero-order chi connectivity index (χ0) is 12.5. The van der Waals surface area contributed by atoms with E-state index >= 15 is 0 Å². The normalized spacial score (nSPS) is 11.8. The van der Waals surface area contributed by atoms with E-state index in [4.69, 9.17) is 0 Å². The summed E-state index contributed by atoms with van der Waals surface area (Å²) < 4.78 is 0. The second-order valence-corrected chi connectivity index (χ2v) is 5.23. The zero-order valence-electron chi connectivity index (χ0n) is 10.6. The largest absolute Gasteiger partial charge is 0.389 e. The lowest BCUT2D eigenvalue weighted by Crippen LogP contribution is -2.29. The fourth-order valence-electron chi connectivity index (χ4n) is 1.79. The summed E-state index contributed by atoms with van der Waals surface area (Å²) in [5, 5.41) is 15.4. The molecule has 0 aliphatic heterocycles. The van der Waals surface area contributed by atoms with Crippen LogP contribution in [0.15, 0.2) is 36.4 Å². The summed E-state index contributed by atoms with van der Waals surface area (Å²) in [6.45, 7) is 6.24. The molecule has 2 heteroatoms. The van der Waals surface area contributed by atoms with E-state index < -0.39 is 5.60 Å². The lowest BCUT2D eigenvalue weighted by molar-refractivity contribution is 0.0945. The molecule has 0 fully saturated rings. The summed E-state index contributed by atoms with van der Waals surface area (Å²) >= 11 is 0. The lowest BCUT2D eigenvalue weighted by Gasteiger charge is -2.18. The number of fused-ring (bicyclic) bond motifs is 1.